The summed E-state index contributed by atoms with van der Waals surface area (Å²) in [6, 6.07) is 15.2. The number of ketones is 1. The predicted molar refractivity (Wildman–Crippen MR) is 104 cm³/mol. The number of hydrogen-bond acceptors (Lipinski definition) is 3. The van der Waals surface area contributed by atoms with E-state index in [1.165, 1.54) is 0 Å². The molecule has 0 unspecified atom stereocenters. The minimum absolute atomic E-state index is 0.0262. The molecule has 138 valence electrons. The van der Waals surface area contributed by atoms with Crippen LogP contribution in [0.5, 0.6) is 5.75 Å². The second-order valence-electron chi connectivity index (χ2n) is 6.99. The zero-order valence-electron chi connectivity index (χ0n) is 15.0. The Morgan fingerprint density at radius 1 is 0.963 bits per heavy atom. The third kappa shape index (κ3) is 3.26. The van der Waals surface area contributed by atoms with Crippen molar-refractivity contribution in [2.75, 3.05) is 7.11 Å². The molecule has 0 bridgehead atoms. The summed E-state index contributed by atoms with van der Waals surface area (Å²) in [5.74, 6) is 0.394. The van der Waals surface area contributed by atoms with Crippen LogP contribution in [0.2, 0.25) is 5.02 Å². The molecule has 0 aromatic heterocycles. The van der Waals surface area contributed by atoms with E-state index in [1.807, 2.05) is 48.5 Å². The van der Waals surface area contributed by atoms with E-state index in [1.54, 1.807) is 7.11 Å². The molecule has 0 spiro atoms. The van der Waals surface area contributed by atoms with Crippen molar-refractivity contribution in [1.29, 1.82) is 0 Å². The largest absolute Gasteiger partial charge is 0.496 e. The van der Waals surface area contributed by atoms with Crippen LogP contribution in [-0.4, -0.2) is 18.8 Å². The highest BCUT2D eigenvalue weighted by atomic mass is 35.5. The van der Waals surface area contributed by atoms with Gasteiger partial charge in [-0.05, 0) is 30.0 Å². The number of ether oxygens (including phenoxy) is 1. The molecular weight excluding hydrogens is 362 g/mol. The topological polar surface area (TPSA) is 55.4 Å². The molecule has 1 amide bonds. The average Bonchev–Trinajstić information content (AvgIpc) is 2.67. The van der Waals surface area contributed by atoms with Crippen molar-refractivity contribution in [3.05, 3.63) is 76.0 Å². The number of rotatable bonds is 3. The number of carbonyl (C=O) groups excluding carboxylic acids is 2. The Kier molecular flexibility index (Phi) is 4.75. The number of halogens is 1. The van der Waals surface area contributed by atoms with Crippen LogP contribution in [-0.2, 0) is 9.59 Å². The molecule has 1 heterocycles. The lowest BCUT2D eigenvalue weighted by molar-refractivity contribution is -0.122. The fraction of sp³-hybridized carbons (Fsp3) is 0.273. The highest BCUT2D eigenvalue weighted by Crippen LogP contribution is 2.45. The first-order chi connectivity index (χ1) is 13.1. The Hall–Kier alpha value is -2.59. The lowest BCUT2D eigenvalue weighted by atomic mass is 9.73. The lowest BCUT2D eigenvalue weighted by Gasteiger charge is -2.35. The van der Waals surface area contributed by atoms with Crippen molar-refractivity contribution in [2.45, 2.75) is 31.1 Å². The summed E-state index contributed by atoms with van der Waals surface area (Å²) in [5.41, 5.74) is 3.27. The van der Waals surface area contributed by atoms with Crippen LogP contribution in [0.15, 0.2) is 59.8 Å². The summed E-state index contributed by atoms with van der Waals surface area (Å²) < 4.78 is 5.47. The molecule has 1 N–H and O–H groups in total. The first kappa shape index (κ1) is 17.8. The highest BCUT2D eigenvalue weighted by molar-refractivity contribution is 6.31. The van der Waals surface area contributed by atoms with Gasteiger partial charge < -0.3 is 10.1 Å². The van der Waals surface area contributed by atoms with Gasteiger partial charge in [0, 0.05) is 40.6 Å². The van der Waals surface area contributed by atoms with Crippen LogP contribution >= 0.6 is 11.6 Å². The first-order valence-electron chi connectivity index (χ1n) is 9.02. The van der Waals surface area contributed by atoms with Crippen LogP contribution in [0.4, 0.5) is 0 Å². The van der Waals surface area contributed by atoms with Crippen LogP contribution in [0.25, 0.3) is 0 Å². The number of benzene rings is 2. The van der Waals surface area contributed by atoms with Crippen molar-refractivity contribution >= 4 is 23.3 Å². The number of carbonyl (C=O) groups is 2. The van der Waals surface area contributed by atoms with Gasteiger partial charge in [-0.15, -0.1) is 0 Å². The molecule has 2 atom stereocenters. The van der Waals surface area contributed by atoms with Crippen LogP contribution in [0.1, 0.15) is 42.2 Å². The fourth-order valence-electron chi connectivity index (χ4n) is 4.21. The van der Waals surface area contributed by atoms with Gasteiger partial charge in [0.15, 0.2) is 5.78 Å². The molecule has 27 heavy (non-hydrogen) atoms. The zero-order valence-corrected chi connectivity index (χ0v) is 15.8. The van der Waals surface area contributed by atoms with E-state index in [-0.39, 0.29) is 29.9 Å². The Bertz CT molecular complexity index is 950. The summed E-state index contributed by atoms with van der Waals surface area (Å²) in [6.45, 7) is 0. The minimum Gasteiger partial charge on any atom is -0.496 e. The highest BCUT2D eigenvalue weighted by Gasteiger charge is 2.39. The number of nitrogens with one attached hydrogen (secondary N) is 1. The average molecular weight is 382 g/mol. The van der Waals surface area contributed by atoms with Crippen molar-refractivity contribution in [1.82, 2.24) is 5.32 Å². The second-order valence-corrected chi connectivity index (χ2v) is 7.40. The molecule has 0 radical (unpaired) electrons. The van der Waals surface area contributed by atoms with Gasteiger partial charge >= 0.3 is 0 Å². The maximum absolute atomic E-state index is 13.1. The van der Waals surface area contributed by atoms with Gasteiger partial charge in [0.1, 0.15) is 5.75 Å². The molecular formula is C22H20ClNO3. The third-order valence-electron chi connectivity index (χ3n) is 5.40. The van der Waals surface area contributed by atoms with Gasteiger partial charge in [-0.2, -0.15) is 0 Å². The molecule has 1 aliphatic carbocycles. The Morgan fingerprint density at radius 3 is 2.41 bits per heavy atom. The van der Waals surface area contributed by atoms with E-state index in [2.05, 4.69) is 5.32 Å². The molecule has 4 rings (SSSR count). The fourth-order valence-corrected chi connectivity index (χ4v) is 4.50. The number of amides is 1. The van der Waals surface area contributed by atoms with Gasteiger partial charge in [-0.1, -0.05) is 48.0 Å². The van der Waals surface area contributed by atoms with E-state index in [4.69, 9.17) is 16.3 Å². The normalized spacial score (nSPS) is 22.3. The van der Waals surface area contributed by atoms with E-state index < -0.39 is 0 Å². The third-order valence-corrected chi connectivity index (χ3v) is 5.74. The van der Waals surface area contributed by atoms with Gasteiger partial charge in [0.2, 0.25) is 5.91 Å². The molecule has 2 aliphatic rings. The predicted octanol–water partition coefficient (Wildman–Crippen LogP) is 4.35. The molecule has 0 saturated heterocycles. The van der Waals surface area contributed by atoms with Gasteiger partial charge in [-0.25, -0.2) is 0 Å². The monoisotopic (exact) mass is 381 g/mol. The molecule has 2 aromatic carbocycles. The molecule has 2 aromatic rings. The Balaban J connectivity index is 1.76. The summed E-state index contributed by atoms with van der Waals surface area (Å²) >= 11 is 6.34. The van der Waals surface area contributed by atoms with Crippen molar-refractivity contribution in [2.24, 2.45) is 0 Å². The molecule has 5 heteroatoms. The van der Waals surface area contributed by atoms with Crippen molar-refractivity contribution in [3.8, 4) is 5.75 Å². The standard InChI is InChI=1S/C22H20ClNO3/c1-27-20-9-5-3-7-15(20)16-12-21(26)24-18-10-13(11-19(25)22(16)18)14-6-2-4-8-17(14)23/h2-9,13,16H,10-12H2,1H3,(H,24,26)/t13-,16+/m1/s1. The second kappa shape index (κ2) is 7.20. The summed E-state index contributed by atoms with van der Waals surface area (Å²) in [7, 11) is 1.60. The first-order valence-corrected chi connectivity index (χ1v) is 9.39. The maximum atomic E-state index is 13.1. The summed E-state index contributed by atoms with van der Waals surface area (Å²) in [6.07, 6.45) is 1.24. The van der Waals surface area contributed by atoms with Gasteiger partial charge in [-0.3, -0.25) is 9.59 Å². The molecule has 0 fully saturated rings. The summed E-state index contributed by atoms with van der Waals surface area (Å²) in [4.78, 5) is 25.5. The van der Waals surface area contributed by atoms with Gasteiger partial charge in [0.05, 0.1) is 7.11 Å². The van der Waals surface area contributed by atoms with Gasteiger partial charge in [0.25, 0.3) is 0 Å². The van der Waals surface area contributed by atoms with Crippen LogP contribution in [0, 0.1) is 0 Å². The Morgan fingerprint density at radius 2 is 1.67 bits per heavy atom. The van der Waals surface area contributed by atoms with E-state index >= 15 is 0 Å². The number of methoxy groups -OCH3 is 1. The van der Waals surface area contributed by atoms with Crippen LogP contribution in [0.3, 0.4) is 0 Å². The van der Waals surface area contributed by atoms with Crippen molar-refractivity contribution < 1.29 is 14.3 Å². The van der Waals surface area contributed by atoms with E-state index in [0.717, 1.165) is 16.8 Å². The summed E-state index contributed by atoms with van der Waals surface area (Å²) in [5, 5.41) is 3.60. The minimum atomic E-state index is -0.274. The van der Waals surface area contributed by atoms with Crippen LogP contribution < -0.4 is 10.1 Å². The SMILES string of the molecule is COc1ccccc1[C@@H]1CC(=O)NC2=C1C(=O)C[C@H](c1ccccc1Cl)C2. The quantitative estimate of drug-likeness (QED) is 0.859. The smallest absolute Gasteiger partial charge is 0.225 e. The lowest BCUT2D eigenvalue weighted by Crippen LogP contribution is -2.38. The van der Waals surface area contributed by atoms with E-state index in [0.29, 0.717) is 29.2 Å². The van der Waals surface area contributed by atoms with E-state index in [9.17, 15) is 9.59 Å². The maximum Gasteiger partial charge on any atom is 0.225 e. The number of para-hydroxylation sites is 1. The molecule has 4 nitrogen and oxygen atoms in total. The zero-order chi connectivity index (χ0) is 19.0. The Labute approximate surface area is 163 Å². The number of hydrogen-bond donors (Lipinski definition) is 1. The number of allylic oxidation sites excluding steroid dienone is 2. The molecule has 1 aliphatic heterocycles. The molecule has 0 saturated carbocycles. The number of Topliss-reactive ketones (excluding diaryl/α,β-unsaturated/α-hetero) is 1. The van der Waals surface area contributed by atoms with Crippen molar-refractivity contribution in [3.63, 3.8) is 0 Å².